The monoisotopic (exact) mass is 527 g/mol. The molecule has 0 bridgehead atoms. The summed E-state index contributed by atoms with van der Waals surface area (Å²) in [4.78, 5) is 22.7. The number of para-hydroxylation sites is 1. The molecule has 0 aliphatic carbocycles. The van der Waals surface area contributed by atoms with E-state index < -0.39 is 0 Å². The Labute approximate surface area is 224 Å². The molecule has 37 heavy (non-hydrogen) atoms. The second kappa shape index (κ2) is 9.89. The Hall–Kier alpha value is -3.26. The molecule has 0 atom stereocenters. The number of hydrogen-bond acceptors (Lipinski definition) is 6. The van der Waals surface area contributed by atoms with Gasteiger partial charge in [0.05, 0.1) is 22.4 Å². The average molecular weight is 528 g/mol. The summed E-state index contributed by atoms with van der Waals surface area (Å²) in [5.74, 6) is 0.453. The van der Waals surface area contributed by atoms with Crippen molar-refractivity contribution in [1.82, 2.24) is 9.88 Å². The van der Waals surface area contributed by atoms with Crippen molar-refractivity contribution >= 4 is 54.6 Å². The molecule has 188 valence electrons. The third kappa shape index (κ3) is 4.41. The quantitative estimate of drug-likeness (QED) is 0.247. The Morgan fingerprint density at radius 1 is 1.08 bits per heavy atom. The maximum Gasteiger partial charge on any atom is 0.260 e. The second-order valence-corrected chi connectivity index (χ2v) is 11.7. The Morgan fingerprint density at radius 2 is 1.89 bits per heavy atom. The number of nitrogens with zero attached hydrogens (tertiary/aromatic N) is 2. The second-order valence-electron chi connectivity index (χ2n) is 9.56. The fourth-order valence-electron chi connectivity index (χ4n) is 5.08. The highest BCUT2D eigenvalue weighted by atomic mass is 32.1. The van der Waals surface area contributed by atoms with E-state index in [4.69, 9.17) is 9.72 Å². The van der Waals surface area contributed by atoms with Crippen molar-refractivity contribution in [2.75, 3.05) is 18.5 Å². The average Bonchev–Trinajstić information content (AvgIpc) is 3.48. The molecule has 3 aromatic carbocycles. The van der Waals surface area contributed by atoms with E-state index in [1.54, 1.807) is 22.7 Å². The maximum atomic E-state index is 14.0. The molecular formula is C30H29N3O2S2. The molecular weight excluding hydrogens is 498 g/mol. The van der Waals surface area contributed by atoms with E-state index in [9.17, 15) is 4.79 Å². The summed E-state index contributed by atoms with van der Waals surface area (Å²) in [6.45, 7) is 8.81. The molecule has 0 saturated carbocycles. The summed E-state index contributed by atoms with van der Waals surface area (Å²) in [6.07, 6.45) is 0.948. The number of ether oxygens (including phenoxy) is 1. The van der Waals surface area contributed by atoms with Gasteiger partial charge in [-0.25, -0.2) is 4.98 Å². The van der Waals surface area contributed by atoms with Crippen molar-refractivity contribution in [1.29, 1.82) is 0 Å². The number of amides is 1. The number of carbonyl (C=O) groups is 1. The third-order valence-electron chi connectivity index (χ3n) is 6.97. The van der Waals surface area contributed by atoms with Gasteiger partial charge in [-0.15, -0.1) is 22.7 Å². The van der Waals surface area contributed by atoms with Crippen LogP contribution in [0.25, 0.3) is 31.6 Å². The van der Waals surface area contributed by atoms with Gasteiger partial charge in [-0.3, -0.25) is 9.69 Å². The SMILES string of the molecule is CCOc1ccc2ccccc2c1C(=O)Nc1sc2c(c1-c1nc3ccccc3s1)CCN(C(C)C)C2. The van der Waals surface area contributed by atoms with Gasteiger partial charge < -0.3 is 10.1 Å². The number of carbonyl (C=O) groups excluding carboxylic acids is 1. The predicted molar refractivity (Wildman–Crippen MR) is 155 cm³/mol. The molecule has 0 saturated heterocycles. The highest BCUT2D eigenvalue weighted by molar-refractivity contribution is 7.23. The first-order valence-corrected chi connectivity index (χ1v) is 14.4. The van der Waals surface area contributed by atoms with E-state index in [1.807, 2.05) is 55.5 Å². The first kappa shape index (κ1) is 24.1. The number of nitrogens with one attached hydrogen (secondary N) is 1. The Morgan fingerprint density at radius 3 is 2.70 bits per heavy atom. The molecule has 1 N–H and O–H groups in total. The van der Waals surface area contributed by atoms with Crippen LogP contribution in [0.1, 0.15) is 41.6 Å². The van der Waals surface area contributed by atoms with E-state index in [1.165, 1.54) is 10.4 Å². The van der Waals surface area contributed by atoms with Crippen LogP contribution in [0.3, 0.4) is 0 Å². The fraction of sp³-hybridized carbons (Fsp3) is 0.267. The minimum absolute atomic E-state index is 0.151. The Kier molecular flexibility index (Phi) is 6.44. The zero-order valence-corrected chi connectivity index (χ0v) is 22.8. The van der Waals surface area contributed by atoms with Gasteiger partial charge in [0.2, 0.25) is 0 Å². The summed E-state index contributed by atoms with van der Waals surface area (Å²) >= 11 is 3.38. The first-order chi connectivity index (χ1) is 18.0. The van der Waals surface area contributed by atoms with Crippen molar-refractivity contribution in [2.45, 2.75) is 39.8 Å². The molecule has 3 heterocycles. The van der Waals surface area contributed by atoms with E-state index in [-0.39, 0.29) is 5.91 Å². The normalized spacial score (nSPS) is 13.8. The van der Waals surface area contributed by atoms with Gasteiger partial charge in [-0.2, -0.15) is 0 Å². The standard InChI is InChI=1S/C30H29N3O2S2/c1-4-35-23-14-13-19-9-5-6-10-20(19)26(23)28(34)32-30-27(29-31-22-11-7-8-12-24(22)36-29)21-15-16-33(18(2)3)17-25(21)37-30/h5-14,18H,4,15-17H2,1-3H3,(H,32,34). The van der Waals surface area contributed by atoms with Crippen LogP contribution in [0, 0.1) is 0 Å². The molecule has 2 aromatic heterocycles. The first-order valence-electron chi connectivity index (χ1n) is 12.7. The summed E-state index contributed by atoms with van der Waals surface area (Å²) in [5, 5.41) is 7.05. The number of thiazole rings is 1. The highest BCUT2D eigenvalue weighted by Gasteiger charge is 2.29. The molecule has 5 aromatic rings. The van der Waals surface area contributed by atoms with E-state index >= 15 is 0 Å². The van der Waals surface area contributed by atoms with Gasteiger partial charge in [0.25, 0.3) is 5.91 Å². The number of anilines is 1. The third-order valence-corrected chi connectivity index (χ3v) is 9.16. The fourth-order valence-corrected chi connectivity index (χ4v) is 7.46. The molecule has 6 rings (SSSR count). The van der Waals surface area contributed by atoms with Crippen molar-refractivity contribution in [3.63, 3.8) is 0 Å². The van der Waals surface area contributed by atoms with Crippen LogP contribution in [0.4, 0.5) is 5.00 Å². The summed E-state index contributed by atoms with van der Waals surface area (Å²) in [7, 11) is 0. The molecule has 0 unspecified atom stereocenters. The van der Waals surface area contributed by atoms with Crippen molar-refractivity contribution in [3.8, 4) is 16.3 Å². The lowest BCUT2D eigenvalue weighted by Crippen LogP contribution is -2.35. The topological polar surface area (TPSA) is 54.5 Å². The van der Waals surface area contributed by atoms with Gasteiger partial charge in [0.15, 0.2) is 0 Å². The molecule has 1 aliphatic heterocycles. The Bertz CT molecular complexity index is 1590. The van der Waals surface area contributed by atoms with Crippen LogP contribution < -0.4 is 10.1 Å². The van der Waals surface area contributed by atoms with Gasteiger partial charge >= 0.3 is 0 Å². The number of fused-ring (bicyclic) bond motifs is 3. The number of thiophene rings is 1. The van der Waals surface area contributed by atoms with Gasteiger partial charge in [-0.05, 0) is 61.7 Å². The van der Waals surface area contributed by atoms with E-state index in [2.05, 4.69) is 36.2 Å². The van der Waals surface area contributed by atoms with Crippen LogP contribution in [-0.2, 0) is 13.0 Å². The summed E-state index contributed by atoms with van der Waals surface area (Å²) < 4.78 is 7.06. The zero-order valence-electron chi connectivity index (χ0n) is 21.2. The number of benzene rings is 3. The van der Waals surface area contributed by atoms with Crippen LogP contribution in [-0.4, -0.2) is 35.0 Å². The summed E-state index contributed by atoms with van der Waals surface area (Å²) in [5.41, 5.74) is 3.97. The molecule has 1 aliphatic rings. The molecule has 1 amide bonds. The number of hydrogen-bond donors (Lipinski definition) is 1. The number of aromatic nitrogens is 1. The minimum atomic E-state index is -0.151. The van der Waals surface area contributed by atoms with Crippen molar-refractivity contribution < 1.29 is 9.53 Å². The van der Waals surface area contributed by atoms with Crippen LogP contribution in [0.2, 0.25) is 0 Å². The van der Waals surface area contributed by atoms with Gasteiger partial charge in [0, 0.05) is 29.6 Å². The van der Waals surface area contributed by atoms with Crippen LogP contribution in [0.15, 0.2) is 60.7 Å². The minimum Gasteiger partial charge on any atom is -0.493 e. The largest absolute Gasteiger partial charge is 0.493 e. The van der Waals surface area contributed by atoms with Crippen LogP contribution in [0.5, 0.6) is 5.75 Å². The van der Waals surface area contributed by atoms with Crippen LogP contribution >= 0.6 is 22.7 Å². The lowest BCUT2D eigenvalue weighted by molar-refractivity contribution is 0.102. The summed E-state index contributed by atoms with van der Waals surface area (Å²) in [6, 6.07) is 20.6. The zero-order chi connectivity index (χ0) is 25.5. The lowest BCUT2D eigenvalue weighted by Gasteiger charge is -2.30. The molecule has 0 fully saturated rings. The highest BCUT2D eigenvalue weighted by Crippen LogP contribution is 2.46. The molecule has 7 heteroatoms. The predicted octanol–water partition coefficient (Wildman–Crippen LogP) is 7.60. The van der Waals surface area contributed by atoms with Gasteiger partial charge in [-0.1, -0.05) is 42.5 Å². The molecule has 0 radical (unpaired) electrons. The van der Waals surface area contributed by atoms with Gasteiger partial charge in [0.1, 0.15) is 15.8 Å². The Balaban J connectivity index is 1.47. The number of rotatable bonds is 6. The maximum absolute atomic E-state index is 14.0. The van der Waals surface area contributed by atoms with E-state index in [0.717, 1.165) is 56.1 Å². The van der Waals surface area contributed by atoms with Crippen molar-refractivity contribution in [2.24, 2.45) is 0 Å². The lowest BCUT2D eigenvalue weighted by atomic mass is 10.0. The van der Waals surface area contributed by atoms with E-state index in [0.29, 0.717) is 24.0 Å². The molecule has 5 nitrogen and oxygen atoms in total. The molecule has 0 spiro atoms. The van der Waals surface area contributed by atoms with Crippen molar-refractivity contribution in [3.05, 3.63) is 76.7 Å². The smallest absolute Gasteiger partial charge is 0.260 e.